The van der Waals surface area contributed by atoms with E-state index in [1.807, 2.05) is 19.9 Å². The molecule has 1 heterocycles. The van der Waals surface area contributed by atoms with Gasteiger partial charge in [0, 0.05) is 12.2 Å². The van der Waals surface area contributed by atoms with Gasteiger partial charge in [-0.3, -0.25) is 4.79 Å². The fourth-order valence-electron chi connectivity index (χ4n) is 2.59. The van der Waals surface area contributed by atoms with E-state index >= 15 is 0 Å². The number of amides is 1. The van der Waals surface area contributed by atoms with Crippen molar-refractivity contribution in [1.29, 1.82) is 5.26 Å². The Labute approximate surface area is 140 Å². The summed E-state index contributed by atoms with van der Waals surface area (Å²) in [4.78, 5) is 25.8. The predicted octanol–water partition coefficient (Wildman–Crippen LogP) is 0.849. The number of nitriles is 1. The largest absolute Gasteiger partial charge is 0.466 e. The Hall–Kier alpha value is -2.85. The van der Waals surface area contributed by atoms with Gasteiger partial charge in [0.1, 0.15) is 5.70 Å². The van der Waals surface area contributed by atoms with Crippen molar-refractivity contribution in [2.75, 3.05) is 32.1 Å². The zero-order valence-corrected chi connectivity index (χ0v) is 13.8. The van der Waals surface area contributed by atoms with E-state index in [0.29, 0.717) is 11.3 Å². The highest BCUT2D eigenvalue weighted by Gasteiger charge is 2.34. The minimum atomic E-state index is -0.600. The molecule has 0 radical (unpaired) electrons. The number of hydrogen-bond donors (Lipinski definition) is 2. The third kappa shape index (κ3) is 3.24. The highest BCUT2D eigenvalue weighted by molar-refractivity contribution is 6.08. The van der Waals surface area contributed by atoms with Crippen molar-refractivity contribution in [3.8, 4) is 6.07 Å². The molecule has 0 aliphatic carbocycles. The van der Waals surface area contributed by atoms with Gasteiger partial charge < -0.3 is 20.1 Å². The van der Waals surface area contributed by atoms with Crippen LogP contribution in [0.4, 0.5) is 5.69 Å². The molecule has 0 saturated carbocycles. The molecule has 2 N–H and O–H groups in total. The molecule has 0 saturated heterocycles. The van der Waals surface area contributed by atoms with Gasteiger partial charge in [-0.15, -0.1) is 0 Å². The van der Waals surface area contributed by atoms with Crippen molar-refractivity contribution in [2.24, 2.45) is 0 Å². The number of nitrogens with one attached hydrogen (secondary N) is 1. The molecule has 0 atom stereocenters. The molecule has 1 amide bonds. The number of anilines is 1. The molecule has 7 heteroatoms. The second-order valence-corrected chi connectivity index (χ2v) is 5.51. The van der Waals surface area contributed by atoms with Gasteiger partial charge in [0.2, 0.25) is 0 Å². The number of aliphatic hydroxyl groups is 1. The molecule has 0 bridgehead atoms. The van der Waals surface area contributed by atoms with Crippen molar-refractivity contribution in [2.45, 2.75) is 13.8 Å². The molecule has 0 spiro atoms. The maximum Gasteiger partial charge on any atom is 0.337 e. The van der Waals surface area contributed by atoms with E-state index in [4.69, 9.17) is 9.84 Å². The summed E-state index contributed by atoms with van der Waals surface area (Å²) in [5, 5.41) is 21.2. The Morgan fingerprint density at radius 1 is 1.42 bits per heavy atom. The van der Waals surface area contributed by atoms with E-state index in [1.165, 1.54) is 12.0 Å². The summed E-state index contributed by atoms with van der Waals surface area (Å²) in [6.07, 6.45) is 0. The first kappa shape index (κ1) is 17.5. The molecule has 1 aromatic rings. The zero-order valence-electron chi connectivity index (χ0n) is 13.8. The molecule has 0 fully saturated rings. The lowest BCUT2D eigenvalue weighted by Crippen LogP contribution is -2.31. The van der Waals surface area contributed by atoms with Gasteiger partial charge >= 0.3 is 5.97 Å². The number of ether oxygens (including phenoxy) is 1. The third-order valence-electron chi connectivity index (χ3n) is 3.91. The second-order valence-electron chi connectivity index (χ2n) is 5.51. The van der Waals surface area contributed by atoms with Crippen LogP contribution in [-0.2, 0) is 14.3 Å². The first-order valence-electron chi connectivity index (χ1n) is 7.42. The molecular weight excluding hydrogens is 310 g/mol. The quantitative estimate of drug-likeness (QED) is 0.776. The number of aliphatic hydroxyl groups excluding tert-OH is 1. The average Bonchev–Trinajstić information content (AvgIpc) is 2.86. The van der Waals surface area contributed by atoms with Crippen LogP contribution in [0, 0.1) is 25.2 Å². The maximum absolute atomic E-state index is 12.5. The van der Waals surface area contributed by atoms with Gasteiger partial charge in [-0.25, -0.2) is 4.79 Å². The molecule has 24 heavy (non-hydrogen) atoms. The molecule has 1 aromatic carbocycles. The Kier molecular flexibility index (Phi) is 5.21. The second kappa shape index (κ2) is 7.15. The van der Waals surface area contributed by atoms with Crippen molar-refractivity contribution in [3.05, 3.63) is 40.1 Å². The fraction of sp³-hybridized carbons (Fsp3) is 0.353. The number of aryl methyl sites for hydroxylation is 2. The molecule has 7 nitrogen and oxygen atoms in total. The number of esters is 1. The van der Waals surface area contributed by atoms with E-state index in [9.17, 15) is 14.9 Å². The molecule has 1 aliphatic rings. The third-order valence-corrected chi connectivity index (χ3v) is 3.91. The van der Waals surface area contributed by atoms with Crippen molar-refractivity contribution >= 4 is 17.6 Å². The maximum atomic E-state index is 12.5. The Bertz CT molecular complexity index is 762. The normalized spacial score (nSPS) is 14.0. The van der Waals surface area contributed by atoms with E-state index in [2.05, 4.69) is 11.4 Å². The van der Waals surface area contributed by atoms with Crippen LogP contribution >= 0.6 is 0 Å². The van der Waals surface area contributed by atoms with E-state index in [1.54, 1.807) is 6.07 Å². The van der Waals surface area contributed by atoms with E-state index in [-0.39, 0.29) is 36.9 Å². The number of carbonyl (C=O) groups excluding carboxylic acids is 2. The van der Waals surface area contributed by atoms with Gasteiger partial charge in [0.05, 0.1) is 37.5 Å². The van der Waals surface area contributed by atoms with Gasteiger partial charge in [-0.1, -0.05) is 6.07 Å². The number of hydrogen-bond acceptors (Lipinski definition) is 6. The van der Waals surface area contributed by atoms with Crippen LogP contribution in [0.3, 0.4) is 0 Å². The standard InChI is InChI=1S/C17H19N3O4/c1-10-6-11(2)14(7-12(10)8-18)19-15-13(17(23)24-3)9-20(4-5-21)16(15)22/h6-7,19,21H,4-5,9H2,1-3H3. The van der Waals surface area contributed by atoms with Crippen molar-refractivity contribution in [1.82, 2.24) is 4.90 Å². The highest BCUT2D eigenvalue weighted by Crippen LogP contribution is 2.26. The van der Waals surface area contributed by atoms with Crippen LogP contribution in [0.25, 0.3) is 0 Å². The van der Waals surface area contributed by atoms with E-state index < -0.39 is 5.97 Å². The van der Waals surface area contributed by atoms with E-state index in [0.717, 1.165) is 11.1 Å². The lowest BCUT2D eigenvalue weighted by Gasteiger charge is -2.16. The molecule has 0 aromatic heterocycles. The van der Waals surface area contributed by atoms with Crippen molar-refractivity contribution < 1.29 is 19.4 Å². The van der Waals surface area contributed by atoms with Crippen LogP contribution in [0.15, 0.2) is 23.4 Å². The van der Waals surface area contributed by atoms with Crippen LogP contribution in [0.1, 0.15) is 16.7 Å². The first-order valence-corrected chi connectivity index (χ1v) is 7.42. The number of benzene rings is 1. The highest BCUT2D eigenvalue weighted by atomic mass is 16.5. The summed E-state index contributed by atoms with van der Waals surface area (Å²) < 4.78 is 4.74. The number of β-amino-alcohol motifs (C(OH)–C–C–N with tert-alkyl or cyclic N) is 1. The predicted molar refractivity (Wildman–Crippen MR) is 87.0 cm³/mol. The van der Waals surface area contributed by atoms with Crippen LogP contribution in [0.5, 0.6) is 0 Å². The molecule has 2 rings (SSSR count). The lowest BCUT2D eigenvalue weighted by atomic mass is 10.0. The summed E-state index contributed by atoms with van der Waals surface area (Å²) in [7, 11) is 1.25. The lowest BCUT2D eigenvalue weighted by molar-refractivity contribution is -0.136. The smallest absolute Gasteiger partial charge is 0.337 e. The Balaban J connectivity index is 2.43. The van der Waals surface area contributed by atoms with Crippen LogP contribution in [-0.4, -0.2) is 48.7 Å². The monoisotopic (exact) mass is 329 g/mol. The summed E-state index contributed by atoms with van der Waals surface area (Å²) in [6, 6.07) is 5.58. The summed E-state index contributed by atoms with van der Waals surface area (Å²) in [6.45, 7) is 3.68. The van der Waals surface area contributed by atoms with Gasteiger partial charge in [-0.05, 0) is 31.0 Å². The van der Waals surface area contributed by atoms with Gasteiger partial charge in [0.15, 0.2) is 0 Å². The molecule has 1 aliphatic heterocycles. The summed E-state index contributed by atoms with van der Waals surface area (Å²) >= 11 is 0. The Morgan fingerprint density at radius 2 is 2.12 bits per heavy atom. The molecular formula is C17H19N3O4. The van der Waals surface area contributed by atoms with Gasteiger partial charge in [0.25, 0.3) is 5.91 Å². The molecule has 126 valence electrons. The van der Waals surface area contributed by atoms with Crippen LogP contribution in [0.2, 0.25) is 0 Å². The first-order chi connectivity index (χ1) is 11.4. The minimum absolute atomic E-state index is 0.0738. The zero-order chi connectivity index (χ0) is 17.9. The molecule has 0 unspecified atom stereocenters. The summed E-state index contributed by atoms with van der Waals surface area (Å²) in [5.41, 5.74) is 3.06. The fourth-order valence-corrected chi connectivity index (χ4v) is 2.59. The summed E-state index contributed by atoms with van der Waals surface area (Å²) in [5.74, 6) is -0.987. The van der Waals surface area contributed by atoms with Crippen molar-refractivity contribution in [3.63, 3.8) is 0 Å². The number of nitrogens with zero attached hydrogens (tertiary/aromatic N) is 2. The van der Waals surface area contributed by atoms with Crippen LogP contribution < -0.4 is 5.32 Å². The number of methoxy groups -OCH3 is 1. The number of carbonyl (C=O) groups is 2. The topological polar surface area (TPSA) is 103 Å². The van der Waals surface area contributed by atoms with Gasteiger partial charge in [-0.2, -0.15) is 5.26 Å². The number of rotatable bonds is 5. The average molecular weight is 329 g/mol. The minimum Gasteiger partial charge on any atom is -0.466 e. The SMILES string of the molecule is COC(=O)C1=C(Nc2cc(C#N)c(C)cc2C)C(=O)N(CCO)C1. The Morgan fingerprint density at radius 3 is 2.71 bits per heavy atom.